The van der Waals surface area contributed by atoms with Crippen molar-refractivity contribution < 1.29 is 14.3 Å². The van der Waals surface area contributed by atoms with Crippen LogP contribution in [0.1, 0.15) is 97.8 Å². The number of carbonyl (C=O) groups excluding carboxylic acids is 2. The maximum atomic E-state index is 11.8. The molecular weight excluding hydrogens is 326 g/mol. The minimum atomic E-state index is -1.20. The van der Waals surface area contributed by atoms with Crippen molar-refractivity contribution in [3.63, 3.8) is 0 Å². The summed E-state index contributed by atoms with van der Waals surface area (Å²) < 4.78 is 5.39. The highest BCUT2D eigenvalue weighted by atomic mass is 16.6. The Kier molecular flexibility index (Phi) is 13.7. The first-order chi connectivity index (χ1) is 12.4. The summed E-state index contributed by atoms with van der Waals surface area (Å²) >= 11 is 0. The van der Waals surface area contributed by atoms with E-state index in [9.17, 15) is 9.59 Å². The van der Waals surface area contributed by atoms with Crippen LogP contribution >= 0.6 is 0 Å². The van der Waals surface area contributed by atoms with Crippen molar-refractivity contribution in [3.8, 4) is 0 Å². The van der Waals surface area contributed by atoms with E-state index in [1.54, 1.807) is 6.92 Å². The summed E-state index contributed by atoms with van der Waals surface area (Å²) in [6, 6.07) is 0. The van der Waals surface area contributed by atoms with Crippen LogP contribution in [0.2, 0.25) is 0 Å². The van der Waals surface area contributed by atoms with Crippen molar-refractivity contribution in [2.45, 2.75) is 103 Å². The van der Waals surface area contributed by atoms with E-state index in [2.05, 4.69) is 25.7 Å². The van der Waals surface area contributed by atoms with Crippen LogP contribution < -0.4 is 5.73 Å². The van der Waals surface area contributed by atoms with E-state index in [0.717, 1.165) is 32.1 Å². The van der Waals surface area contributed by atoms with Gasteiger partial charge in [0.25, 0.3) is 5.91 Å². The maximum Gasteiger partial charge on any atom is 0.334 e. The summed E-state index contributed by atoms with van der Waals surface area (Å²) in [6.45, 7) is 9.19. The van der Waals surface area contributed by atoms with Crippen LogP contribution in [-0.2, 0) is 14.3 Å². The van der Waals surface area contributed by atoms with Crippen LogP contribution in [0.3, 0.4) is 0 Å². The fourth-order valence-corrected chi connectivity index (χ4v) is 2.86. The minimum absolute atomic E-state index is 0.283. The van der Waals surface area contributed by atoms with Crippen molar-refractivity contribution in [2.75, 3.05) is 0 Å². The molecule has 1 unspecified atom stereocenters. The molecule has 150 valence electrons. The van der Waals surface area contributed by atoms with E-state index in [0.29, 0.717) is 12.8 Å². The fraction of sp³-hybridized carbons (Fsp3) is 0.727. The van der Waals surface area contributed by atoms with Gasteiger partial charge in [-0.15, -0.1) is 0 Å². The van der Waals surface area contributed by atoms with Crippen molar-refractivity contribution >= 4 is 11.9 Å². The van der Waals surface area contributed by atoms with E-state index < -0.39 is 17.5 Å². The van der Waals surface area contributed by atoms with Gasteiger partial charge < -0.3 is 10.5 Å². The average molecular weight is 366 g/mol. The number of unbranched alkanes of at least 4 members (excludes halogenated alkanes) is 8. The third kappa shape index (κ3) is 10.4. The molecule has 0 radical (unpaired) electrons. The van der Waals surface area contributed by atoms with Crippen molar-refractivity contribution in [2.24, 2.45) is 5.73 Å². The molecule has 1 amide bonds. The minimum Gasteiger partial charge on any atom is -0.446 e. The number of amides is 1. The second-order valence-electron chi connectivity index (χ2n) is 7.16. The molecule has 0 heterocycles. The predicted molar refractivity (Wildman–Crippen MR) is 109 cm³/mol. The highest BCUT2D eigenvalue weighted by Gasteiger charge is 2.38. The molecule has 0 fully saturated rings. The van der Waals surface area contributed by atoms with Crippen LogP contribution in [0, 0.1) is 0 Å². The first kappa shape index (κ1) is 24.4. The first-order valence-electron chi connectivity index (χ1n) is 10.2. The van der Waals surface area contributed by atoms with Gasteiger partial charge in [-0.25, -0.2) is 4.79 Å². The van der Waals surface area contributed by atoms with E-state index in [4.69, 9.17) is 10.5 Å². The van der Waals surface area contributed by atoms with E-state index in [1.165, 1.54) is 32.1 Å². The van der Waals surface area contributed by atoms with Crippen LogP contribution in [-0.4, -0.2) is 17.5 Å². The number of esters is 1. The molecule has 0 bridgehead atoms. The molecule has 0 aromatic heterocycles. The standard InChI is InChI=1S/C22H39NO3/c1-5-7-8-9-10-11-12-13-14-15-16-17-18-22(6-2,21(23)25)26-20(24)19(3)4/h11-12H,3,5-10,13-18H2,1-2,4H3,(H2,23,25)/b12-11-. The molecule has 26 heavy (non-hydrogen) atoms. The second-order valence-corrected chi connectivity index (χ2v) is 7.16. The molecule has 0 aliphatic carbocycles. The third-order valence-electron chi connectivity index (χ3n) is 4.75. The highest BCUT2D eigenvalue weighted by Crippen LogP contribution is 2.25. The molecule has 0 aromatic carbocycles. The Hall–Kier alpha value is -1.58. The molecule has 2 N–H and O–H groups in total. The van der Waals surface area contributed by atoms with E-state index in [1.807, 2.05) is 6.92 Å². The Bertz CT molecular complexity index is 456. The molecule has 0 aromatic rings. The molecule has 0 spiro atoms. The smallest absolute Gasteiger partial charge is 0.334 e. The maximum absolute atomic E-state index is 11.8. The summed E-state index contributed by atoms with van der Waals surface area (Å²) in [5.74, 6) is -1.12. The topological polar surface area (TPSA) is 69.4 Å². The number of carbonyl (C=O) groups is 2. The number of primary amides is 1. The summed E-state index contributed by atoms with van der Waals surface area (Å²) in [7, 11) is 0. The Morgan fingerprint density at radius 3 is 1.96 bits per heavy atom. The number of hydrogen-bond donors (Lipinski definition) is 1. The van der Waals surface area contributed by atoms with Crippen LogP contribution in [0.25, 0.3) is 0 Å². The van der Waals surface area contributed by atoms with Gasteiger partial charge in [0.2, 0.25) is 0 Å². The molecular formula is C22H39NO3. The summed E-state index contributed by atoms with van der Waals surface area (Å²) in [5.41, 5.74) is 4.60. The Morgan fingerprint density at radius 2 is 1.50 bits per heavy atom. The lowest BCUT2D eigenvalue weighted by atomic mass is 9.91. The molecule has 0 saturated carbocycles. The van der Waals surface area contributed by atoms with Gasteiger partial charge in [0.1, 0.15) is 0 Å². The van der Waals surface area contributed by atoms with Gasteiger partial charge in [-0.3, -0.25) is 4.79 Å². The number of rotatable bonds is 16. The van der Waals surface area contributed by atoms with Crippen molar-refractivity contribution in [1.29, 1.82) is 0 Å². The molecule has 0 rings (SSSR count). The Morgan fingerprint density at radius 1 is 0.962 bits per heavy atom. The second kappa shape index (κ2) is 14.6. The third-order valence-corrected chi connectivity index (χ3v) is 4.75. The highest BCUT2D eigenvalue weighted by molar-refractivity contribution is 5.92. The van der Waals surface area contributed by atoms with E-state index >= 15 is 0 Å². The number of nitrogens with two attached hydrogens (primary N) is 1. The molecule has 0 saturated heterocycles. The monoisotopic (exact) mass is 365 g/mol. The lowest BCUT2D eigenvalue weighted by Gasteiger charge is -2.29. The van der Waals surface area contributed by atoms with Gasteiger partial charge in [0.15, 0.2) is 5.60 Å². The van der Waals surface area contributed by atoms with Gasteiger partial charge in [-0.1, -0.05) is 64.7 Å². The average Bonchev–Trinajstić information content (AvgIpc) is 2.61. The van der Waals surface area contributed by atoms with Gasteiger partial charge in [-0.05, 0) is 51.9 Å². The Labute approximate surface area is 160 Å². The number of allylic oxidation sites excluding steroid dienone is 2. The molecule has 1 atom stereocenters. The zero-order chi connectivity index (χ0) is 19.8. The predicted octanol–water partition coefficient (Wildman–Crippen LogP) is 5.61. The molecule has 0 aliphatic rings. The van der Waals surface area contributed by atoms with Gasteiger partial charge in [-0.2, -0.15) is 0 Å². The normalized spacial score (nSPS) is 13.5. The lowest BCUT2D eigenvalue weighted by Crippen LogP contribution is -2.47. The first-order valence-corrected chi connectivity index (χ1v) is 10.2. The summed E-state index contributed by atoms with van der Waals surface area (Å²) in [6.07, 6.45) is 17.0. The van der Waals surface area contributed by atoms with Gasteiger partial charge >= 0.3 is 5.97 Å². The molecule has 4 nitrogen and oxygen atoms in total. The number of ether oxygens (including phenoxy) is 1. The van der Waals surface area contributed by atoms with Gasteiger partial charge in [0, 0.05) is 5.57 Å². The lowest BCUT2D eigenvalue weighted by molar-refractivity contribution is -0.165. The number of hydrogen-bond acceptors (Lipinski definition) is 3. The fourth-order valence-electron chi connectivity index (χ4n) is 2.86. The van der Waals surface area contributed by atoms with Crippen LogP contribution in [0.5, 0.6) is 0 Å². The molecule has 4 heteroatoms. The SMILES string of the molecule is C=C(C)C(=O)OC(CC)(CCCCCC/C=C\CCCCCC)C(N)=O. The zero-order valence-corrected chi connectivity index (χ0v) is 17.1. The van der Waals surface area contributed by atoms with Gasteiger partial charge in [0.05, 0.1) is 0 Å². The molecule has 0 aliphatic heterocycles. The van der Waals surface area contributed by atoms with E-state index in [-0.39, 0.29) is 5.57 Å². The van der Waals surface area contributed by atoms with Crippen LogP contribution in [0.15, 0.2) is 24.3 Å². The van der Waals surface area contributed by atoms with Crippen LogP contribution in [0.4, 0.5) is 0 Å². The largest absolute Gasteiger partial charge is 0.446 e. The van der Waals surface area contributed by atoms with Crippen molar-refractivity contribution in [3.05, 3.63) is 24.3 Å². The summed E-state index contributed by atoms with van der Waals surface area (Å²) in [4.78, 5) is 23.7. The Balaban J connectivity index is 4.03. The zero-order valence-electron chi connectivity index (χ0n) is 17.1. The quantitative estimate of drug-likeness (QED) is 0.167. The summed E-state index contributed by atoms with van der Waals surface area (Å²) in [5, 5.41) is 0. The van der Waals surface area contributed by atoms with Crippen molar-refractivity contribution in [1.82, 2.24) is 0 Å².